The summed E-state index contributed by atoms with van der Waals surface area (Å²) in [6.45, 7) is 2.85. The predicted molar refractivity (Wildman–Crippen MR) is 154 cm³/mol. The molecule has 0 aliphatic carbocycles. The Morgan fingerprint density at radius 2 is 1.73 bits per heavy atom. The summed E-state index contributed by atoms with van der Waals surface area (Å²) < 4.78 is 20.5. The molecule has 0 atom stereocenters. The van der Waals surface area contributed by atoms with Crippen molar-refractivity contribution in [3.8, 4) is 11.5 Å². The summed E-state index contributed by atoms with van der Waals surface area (Å²) in [5.41, 5.74) is 2.89. The van der Waals surface area contributed by atoms with Crippen LogP contribution >= 0.6 is 67.8 Å². The molecule has 8 heteroatoms. The Bertz CT molecular complexity index is 1250. The summed E-state index contributed by atoms with van der Waals surface area (Å²) in [5.74, 6) is 1.13. The van der Waals surface area contributed by atoms with Crippen LogP contribution < -0.4 is 9.47 Å². The van der Waals surface area contributed by atoms with E-state index < -0.39 is 5.97 Å². The van der Waals surface area contributed by atoms with Gasteiger partial charge in [0.2, 0.25) is 5.90 Å². The van der Waals surface area contributed by atoms with E-state index in [1.54, 1.807) is 6.08 Å². The van der Waals surface area contributed by atoms with Crippen LogP contribution in [-0.2, 0) is 16.1 Å². The van der Waals surface area contributed by atoms with Crippen LogP contribution in [0.25, 0.3) is 6.08 Å². The number of carbonyl (C=O) groups excluding carboxylic acids is 1. The van der Waals surface area contributed by atoms with E-state index in [1.807, 2.05) is 61.5 Å². The average Bonchev–Trinajstić information content (AvgIpc) is 3.15. The largest absolute Gasteiger partial charge is 0.490 e. The molecule has 0 N–H and O–H groups in total. The third kappa shape index (κ3) is 6.07. The zero-order valence-corrected chi connectivity index (χ0v) is 24.0. The quantitative estimate of drug-likeness (QED) is 0.150. The molecule has 0 radical (unpaired) electrons. The number of benzene rings is 3. The average molecular weight is 777 g/mol. The van der Waals surface area contributed by atoms with E-state index in [9.17, 15) is 4.79 Å². The maximum atomic E-state index is 12.4. The van der Waals surface area contributed by atoms with Gasteiger partial charge in [-0.3, -0.25) is 0 Å². The van der Waals surface area contributed by atoms with Crippen LogP contribution in [-0.4, -0.2) is 18.5 Å². The molecule has 0 saturated heterocycles. The van der Waals surface area contributed by atoms with Crippen molar-refractivity contribution in [3.05, 3.63) is 93.8 Å². The second-order valence-corrected chi connectivity index (χ2v) is 10.6. The van der Waals surface area contributed by atoms with Gasteiger partial charge in [-0.05, 0) is 129 Å². The Labute approximate surface area is 233 Å². The molecule has 0 saturated carbocycles. The highest BCUT2D eigenvalue weighted by atomic mass is 127. The predicted octanol–water partition coefficient (Wildman–Crippen LogP) is 6.82. The first-order valence-electron chi connectivity index (χ1n) is 10.1. The van der Waals surface area contributed by atoms with Gasteiger partial charge < -0.3 is 14.2 Å². The number of esters is 1. The molecule has 4 rings (SSSR count). The standard InChI is InChI=1S/C25H18I3NO4/c1-2-31-22-13-15(11-20(28)23(22)32-14-17-5-3-4-6-19(17)27)12-21-25(30)33-24(29-21)16-7-9-18(26)10-8-16/h3-13H,2,14H2,1H3/b21-12-. The third-order valence-corrected chi connectivity index (χ3v) is 7.25. The van der Waals surface area contributed by atoms with Gasteiger partial charge in [0.25, 0.3) is 0 Å². The second kappa shape index (κ2) is 11.2. The van der Waals surface area contributed by atoms with E-state index in [2.05, 4.69) is 78.8 Å². The Hall–Kier alpha value is -1.67. The number of rotatable bonds is 7. The van der Waals surface area contributed by atoms with Crippen LogP contribution in [0, 0.1) is 10.7 Å². The summed E-state index contributed by atoms with van der Waals surface area (Å²) in [7, 11) is 0. The van der Waals surface area contributed by atoms with E-state index >= 15 is 0 Å². The van der Waals surface area contributed by atoms with E-state index in [4.69, 9.17) is 14.2 Å². The molecule has 5 nitrogen and oxygen atoms in total. The summed E-state index contributed by atoms with van der Waals surface area (Å²) in [6.07, 6.45) is 1.70. The molecular formula is C25H18I3NO4. The molecule has 1 aliphatic rings. The number of hydrogen-bond donors (Lipinski definition) is 0. The van der Waals surface area contributed by atoms with Crippen molar-refractivity contribution in [3.63, 3.8) is 0 Å². The topological polar surface area (TPSA) is 57.1 Å². The van der Waals surface area contributed by atoms with Crippen LogP contribution in [0.1, 0.15) is 23.6 Å². The minimum Gasteiger partial charge on any atom is -0.490 e. The van der Waals surface area contributed by atoms with E-state index in [0.29, 0.717) is 30.6 Å². The summed E-state index contributed by atoms with van der Waals surface area (Å²) >= 11 is 6.75. The van der Waals surface area contributed by atoms with Crippen LogP contribution in [0.5, 0.6) is 11.5 Å². The van der Waals surface area contributed by atoms with Crippen molar-refractivity contribution in [1.29, 1.82) is 0 Å². The van der Waals surface area contributed by atoms with Crippen molar-refractivity contribution >= 4 is 85.7 Å². The SMILES string of the molecule is CCOc1cc(/C=C2\N=C(c3ccc(I)cc3)OC2=O)cc(I)c1OCc1ccccc1I. The highest BCUT2D eigenvalue weighted by Crippen LogP contribution is 2.36. The van der Waals surface area contributed by atoms with Gasteiger partial charge in [-0.2, -0.15) is 0 Å². The molecule has 0 aromatic heterocycles. The van der Waals surface area contributed by atoms with Crippen LogP contribution in [0.4, 0.5) is 0 Å². The smallest absolute Gasteiger partial charge is 0.363 e. The molecule has 0 amide bonds. The normalized spacial score (nSPS) is 14.2. The number of halogens is 3. The number of carbonyl (C=O) groups is 1. The first kappa shape index (κ1) is 24.5. The molecule has 33 heavy (non-hydrogen) atoms. The molecule has 0 unspecified atom stereocenters. The summed E-state index contributed by atoms with van der Waals surface area (Å²) in [4.78, 5) is 16.8. The van der Waals surface area contributed by atoms with Crippen LogP contribution in [0.15, 0.2) is 71.4 Å². The van der Waals surface area contributed by atoms with Crippen molar-refractivity contribution in [2.45, 2.75) is 13.5 Å². The Kier molecular flexibility index (Phi) is 8.28. The Morgan fingerprint density at radius 1 is 0.970 bits per heavy atom. The number of aliphatic imine (C=N–C) groups is 1. The van der Waals surface area contributed by atoms with Gasteiger partial charge in [0.15, 0.2) is 17.2 Å². The van der Waals surface area contributed by atoms with Gasteiger partial charge >= 0.3 is 5.97 Å². The molecule has 0 bridgehead atoms. The zero-order valence-electron chi connectivity index (χ0n) is 17.5. The van der Waals surface area contributed by atoms with Gasteiger partial charge in [-0.15, -0.1) is 0 Å². The lowest BCUT2D eigenvalue weighted by Gasteiger charge is -2.15. The molecule has 0 fully saturated rings. The first-order chi connectivity index (χ1) is 15.9. The van der Waals surface area contributed by atoms with Crippen molar-refractivity contribution in [2.24, 2.45) is 4.99 Å². The molecular weight excluding hydrogens is 759 g/mol. The van der Waals surface area contributed by atoms with Crippen LogP contribution in [0.2, 0.25) is 0 Å². The molecule has 3 aromatic rings. The third-order valence-electron chi connectivity index (χ3n) is 4.68. The van der Waals surface area contributed by atoms with Crippen molar-refractivity contribution in [1.82, 2.24) is 0 Å². The van der Waals surface area contributed by atoms with Crippen molar-refractivity contribution < 1.29 is 19.0 Å². The second-order valence-electron chi connectivity index (χ2n) is 6.99. The van der Waals surface area contributed by atoms with Gasteiger partial charge in [0, 0.05) is 18.3 Å². The molecule has 1 heterocycles. The summed E-state index contributed by atoms with van der Waals surface area (Å²) in [6, 6.07) is 19.5. The number of ether oxygens (including phenoxy) is 3. The Morgan fingerprint density at radius 3 is 2.45 bits per heavy atom. The minimum absolute atomic E-state index is 0.245. The fourth-order valence-electron chi connectivity index (χ4n) is 3.12. The number of hydrogen-bond acceptors (Lipinski definition) is 5. The minimum atomic E-state index is -0.476. The molecule has 0 spiro atoms. The van der Waals surface area contributed by atoms with Gasteiger partial charge in [-0.1, -0.05) is 18.2 Å². The van der Waals surface area contributed by atoms with Gasteiger partial charge in [0.05, 0.1) is 10.2 Å². The lowest BCUT2D eigenvalue weighted by atomic mass is 10.1. The van der Waals surface area contributed by atoms with Crippen LogP contribution in [0.3, 0.4) is 0 Å². The number of cyclic esters (lactones) is 1. The molecule has 168 valence electrons. The summed E-state index contributed by atoms with van der Waals surface area (Å²) in [5, 5.41) is 0. The van der Waals surface area contributed by atoms with Crippen molar-refractivity contribution in [2.75, 3.05) is 6.61 Å². The highest BCUT2D eigenvalue weighted by Gasteiger charge is 2.24. The highest BCUT2D eigenvalue weighted by molar-refractivity contribution is 14.1. The molecule has 1 aliphatic heterocycles. The monoisotopic (exact) mass is 777 g/mol. The molecule has 3 aromatic carbocycles. The lowest BCUT2D eigenvalue weighted by molar-refractivity contribution is -0.129. The maximum absolute atomic E-state index is 12.4. The Balaban J connectivity index is 1.61. The first-order valence-corrected chi connectivity index (χ1v) is 13.3. The van der Waals surface area contributed by atoms with E-state index in [1.165, 1.54) is 0 Å². The lowest BCUT2D eigenvalue weighted by Crippen LogP contribution is -2.05. The fourth-order valence-corrected chi connectivity index (χ4v) is 4.81. The zero-order chi connectivity index (χ0) is 23.4. The number of nitrogens with zero attached hydrogens (tertiary/aromatic N) is 1. The maximum Gasteiger partial charge on any atom is 0.363 e. The van der Waals surface area contributed by atoms with Gasteiger partial charge in [-0.25, -0.2) is 9.79 Å². The fraction of sp³-hybridized carbons (Fsp3) is 0.120. The van der Waals surface area contributed by atoms with E-state index in [0.717, 1.165) is 27.4 Å². The van der Waals surface area contributed by atoms with E-state index in [-0.39, 0.29) is 5.70 Å². The van der Waals surface area contributed by atoms with Gasteiger partial charge in [0.1, 0.15) is 6.61 Å².